The number of carbonyl (C=O) groups excluding carboxylic acids is 1. The first kappa shape index (κ1) is 14.7. The van der Waals surface area contributed by atoms with Crippen LogP contribution in [0.2, 0.25) is 0 Å². The number of hydrogen-bond acceptors (Lipinski definition) is 3. The van der Waals surface area contributed by atoms with Crippen LogP contribution in [0, 0.1) is 13.8 Å². The van der Waals surface area contributed by atoms with Crippen LogP contribution < -0.4 is 0 Å². The van der Waals surface area contributed by atoms with E-state index >= 15 is 0 Å². The number of nitrogens with zero attached hydrogens (tertiary/aromatic N) is 3. The van der Waals surface area contributed by atoms with Crippen molar-refractivity contribution < 1.29 is 18.0 Å². The van der Waals surface area contributed by atoms with Crippen LogP contribution in [0.4, 0.5) is 13.2 Å². The molecule has 0 saturated carbocycles. The molecule has 0 amide bonds. The molecule has 0 bridgehead atoms. The summed E-state index contributed by atoms with van der Waals surface area (Å²) in [4.78, 5) is 11.1. The van der Waals surface area contributed by atoms with Gasteiger partial charge in [-0.3, -0.25) is 4.79 Å². The highest BCUT2D eigenvalue weighted by Crippen LogP contribution is 2.25. The Kier molecular flexibility index (Phi) is 3.68. The van der Waals surface area contributed by atoms with Crippen LogP contribution in [0.5, 0.6) is 0 Å². The van der Waals surface area contributed by atoms with Crippen molar-refractivity contribution in [2.75, 3.05) is 0 Å². The molecular formula is C12H9BrF3N3O. The van der Waals surface area contributed by atoms with Gasteiger partial charge in [-0.25, -0.2) is 4.68 Å². The highest BCUT2D eigenvalue weighted by atomic mass is 79.9. The van der Waals surface area contributed by atoms with Crippen LogP contribution in [0.25, 0.3) is 5.69 Å². The van der Waals surface area contributed by atoms with E-state index in [9.17, 15) is 18.0 Å². The molecule has 20 heavy (non-hydrogen) atoms. The molecule has 1 aromatic carbocycles. The van der Waals surface area contributed by atoms with Gasteiger partial charge in [0.2, 0.25) is 0 Å². The molecule has 2 rings (SSSR count). The minimum Gasteiger partial charge on any atom is -0.282 e. The van der Waals surface area contributed by atoms with Gasteiger partial charge in [-0.2, -0.15) is 13.2 Å². The average Bonchev–Trinajstić information content (AvgIpc) is 2.74. The van der Waals surface area contributed by atoms with Gasteiger partial charge < -0.3 is 0 Å². The number of carbonyl (C=O) groups is 1. The number of benzene rings is 1. The zero-order chi connectivity index (χ0) is 15.1. The van der Waals surface area contributed by atoms with E-state index in [-0.39, 0.29) is 0 Å². The van der Waals surface area contributed by atoms with Crippen molar-refractivity contribution in [3.8, 4) is 5.69 Å². The van der Waals surface area contributed by atoms with Crippen molar-refractivity contribution in [2.24, 2.45) is 0 Å². The number of aryl methyl sites for hydroxylation is 2. The maximum absolute atomic E-state index is 12.3. The minimum absolute atomic E-state index is 0.599. The summed E-state index contributed by atoms with van der Waals surface area (Å²) >= 11 is 3.33. The molecule has 4 nitrogen and oxygen atoms in total. The molecule has 0 fully saturated rings. The molecule has 2 aromatic rings. The normalized spacial score (nSPS) is 11.7. The van der Waals surface area contributed by atoms with Crippen molar-refractivity contribution >= 4 is 21.7 Å². The molecule has 0 N–H and O–H groups in total. The molecule has 0 aliphatic rings. The fourth-order valence-electron chi connectivity index (χ4n) is 1.89. The van der Waals surface area contributed by atoms with Crippen molar-refractivity contribution in [1.82, 2.24) is 15.0 Å². The molecule has 0 unspecified atom stereocenters. The second-order valence-electron chi connectivity index (χ2n) is 4.26. The van der Waals surface area contributed by atoms with Gasteiger partial charge in [0.05, 0.1) is 11.9 Å². The summed E-state index contributed by atoms with van der Waals surface area (Å²) in [5.41, 5.74) is 1.47. The lowest BCUT2D eigenvalue weighted by molar-refractivity contribution is -0.0888. The molecular weight excluding hydrogens is 339 g/mol. The summed E-state index contributed by atoms with van der Waals surface area (Å²) in [6.07, 6.45) is -3.97. The van der Waals surface area contributed by atoms with E-state index in [0.717, 1.165) is 21.8 Å². The van der Waals surface area contributed by atoms with Gasteiger partial charge in [-0.05, 0) is 37.1 Å². The Morgan fingerprint density at radius 3 is 2.30 bits per heavy atom. The van der Waals surface area contributed by atoms with E-state index in [1.165, 1.54) is 4.68 Å². The van der Waals surface area contributed by atoms with Crippen LogP contribution in [-0.4, -0.2) is 27.0 Å². The minimum atomic E-state index is -4.95. The quantitative estimate of drug-likeness (QED) is 0.782. The predicted octanol–water partition coefficient (Wildman–Crippen LogP) is 3.39. The standard InChI is InChI=1S/C12H9BrF3N3O/c1-6-3-8(13)4-7(2)10(6)19-5-9(17-18-19)11(20)12(14,15)16/h3-5H,1-2H3. The Morgan fingerprint density at radius 2 is 1.80 bits per heavy atom. The Morgan fingerprint density at radius 1 is 1.25 bits per heavy atom. The SMILES string of the molecule is Cc1cc(Br)cc(C)c1-n1cc(C(=O)C(F)(F)F)nn1. The molecule has 8 heteroatoms. The fourth-order valence-corrected chi connectivity index (χ4v) is 2.57. The van der Waals surface area contributed by atoms with E-state index in [1.807, 2.05) is 0 Å². The lowest BCUT2D eigenvalue weighted by Crippen LogP contribution is -2.23. The Labute approximate surface area is 120 Å². The van der Waals surface area contributed by atoms with Crippen LogP contribution >= 0.6 is 15.9 Å². The second-order valence-corrected chi connectivity index (χ2v) is 5.18. The number of hydrogen-bond donors (Lipinski definition) is 0. The van der Waals surface area contributed by atoms with E-state index in [2.05, 4.69) is 26.2 Å². The van der Waals surface area contributed by atoms with Crippen molar-refractivity contribution in [1.29, 1.82) is 0 Å². The van der Waals surface area contributed by atoms with Crippen molar-refractivity contribution in [3.63, 3.8) is 0 Å². The molecule has 1 aromatic heterocycles. The lowest BCUT2D eigenvalue weighted by Gasteiger charge is -2.09. The molecule has 106 valence electrons. The first-order chi connectivity index (χ1) is 9.20. The number of alkyl halides is 3. The van der Waals surface area contributed by atoms with Gasteiger partial charge in [0.25, 0.3) is 5.78 Å². The van der Waals surface area contributed by atoms with E-state index in [1.54, 1.807) is 26.0 Å². The molecule has 0 atom stereocenters. The van der Waals surface area contributed by atoms with Crippen LogP contribution in [0.1, 0.15) is 21.6 Å². The summed E-state index contributed by atoms with van der Waals surface area (Å²) in [5, 5.41) is 6.90. The van der Waals surface area contributed by atoms with Crippen molar-refractivity contribution in [3.05, 3.63) is 39.6 Å². The highest BCUT2D eigenvalue weighted by molar-refractivity contribution is 9.10. The van der Waals surface area contributed by atoms with Gasteiger partial charge in [-0.15, -0.1) is 5.10 Å². The van der Waals surface area contributed by atoms with Crippen LogP contribution in [0.3, 0.4) is 0 Å². The van der Waals surface area contributed by atoms with Gasteiger partial charge in [0.1, 0.15) is 0 Å². The third-order valence-corrected chi connectivity index (χ3v) is 3.13. The van der Waals surface area contributed by atoms with E-state index < -0.39 is 17.7 Å². The maximum atomic E-state index is 12.3. The zero-order valence-electron chi connectivity index (χ0n) is 10.5. The molecule has 0 aliphatic heterocycles. The van der Waals surface area contributed by atoms with Gasteiger partial charge in [0, 0.05) is 4.47 Å². The predicted molar refractivity (Wildman–Crippen MR) is 68.9 cm³/mol. The molecule has 0 aliphatic carbocycles. The lowest BCUT2D eigenvalue weighted by atomic mass is 10.1. The number of halogens is 4. The third kappa shape index (κ3) is 2.74. The average molecular weight is 348 g/mol. The Bertz CT molecular complexity index is 656. The van der Waals surface area contributed by atoms with Gasteiger partial charge in [-0.1, -0.05) is 21.1 Å². The second kappa shape index (κ2) is 5.01. The van der Waals surface area contributed by atoms with E-state index in [0.29, 0.717) is 5.69 Å². The summed E-state index contributed by atoms with van der Waals surface area (Å²) in [7, 11) is 0. The number of Topliss-reactive ketones (excluding diaryl/α,β-unsaturated/α-hetero) is 1. The first-order valence-electron chi connectivity index (χ1n) is 5.51. The van der Waals surface area contributed by atoms with Crippen LogP contribution in [-0.2, 0) is 0 Å². The van der Waals surface area contributed by atoms with Crippen molar-refractivity contribution in [2.45, 2.75) is 20.0 Å². The number of rotatable bonds is 2. The van der Waals surface area contributed by atoms with Gasteiger partial charge in [0.15, 0.2) is 5.69 Å². The molecule has 0 spiro atoms. The third-order valence-electron chi connectivity index (χ3n) is 2.67. The highest BCUT2D eigenvalue weighted by Gasteiger charge is 2.41. The monoisotopic (exact) mass is 347 g/mol. The summed E-state index contributed by atoms with van der Waals surface area (Å²) in [5.74, 6) is -2.00. The van der Waals surface area contributed by atoms with Gasteiger partial charge >= 0.3 is 6.18 Å². The number of aromatic nitrogens is 3. The zero-order valence-corrected chi connectivity index (χ0v) is 12.1. The largest absolute Gasteiger partial charge is 0.456 e. The number of ketones is 1. The Hall–Kier alpha value is -1.70. The smallest absolute Gasteiger partial charge is 0.282 e. The first-order valence-corrected chi connectivity index (χ1v) is 6.30. The summed E-state index contributed by atoms with van der Waals surface area (Å²) in [6.45, 7) is 3.58. The molecule has 0 radical (unpaired) electrons. The Balaban J connectivity index is 2.47. The van der Waals surface area contributed by atoms with E-state index in [4.69, 9.17) is 0 Å². The summed E-state index contributed by atoms with van der Waals surface area (Å²) < 4.78 is 39.0. The maximum Gasteiger partial charge on any atom is 0.456 e. The molecule has 0 saturated heterocycles. The molecule has 1 heterocycles. The van der Waals surface area contributed by atoms with Crippen LogP contribution in [0.15, 0.2) is 22.8 Å². The topological polar surface area (TPSA) is 47.8 Å². The summed E-state index contributed by atoms with van der Waals surface area (Å²) in [6, 6.07) is 3.60. The fraction of sp³-hybridized carbons (Fsp3) is 0.250.